The molecule has 0 aliphatic heterocycles. The van der Waals surface area contributed by atoms with Crippen molar-refractivity contribution in [1.82, 2.24) is 10.9 Å². The van der Waals surface area contributed by atoms with Gasteiger partial charge in [-0.15, -0.1) is 0 Å². The Bertz CT molecular complexity index is 897. The number of hydrogen-bond donors (Lipinski definition) is 3. The van der Waals surface area contributed by atoms with Crippen LogP contribution in [0.15, 0.2) is 40.9 Å². The number of carbonyl (C=O) groups is 3. The number of amides is 3. The lowest BCUT2D eigenvalue weighted by Gasteiger charge is -2.12. The van der Waals surface area contributed by atoms with Gasteiger partial charge < -0.3 is 10.1 Å². The summed E-state index contributed by atoms with van der Waals surface area (Å²) in [6, 6.07) is 9.31. The molecule has 0 atom stereocenters. The van der Waals surface area contributed by atoms with Gasteiger partial charge in [-0.1, -0.05) is 37.0 Å². The molecule has 29 heavy (non-hydrogen) atoms. The molecule has 0 saturated heterocycles. The number of benzene rings is 2. The second-order valence-electron chi connectivity index (χ2n) is 6.21. The van der Waals surface area contributed by atoms with Crippen LogP contribution in [0.1, 0.15) is 24.2 Å². The van der Waals surface area contributed by atoms with Crippen molar-refractivity contribution in [2.24, 2.45) is 5.92 Å². The molecule has 0 fully saturated rings. The third-order valence-corrected chi connectivity index (χ3v) is 4.65. The fourth-order valence-corrected chi connectivity index (χ4v) is 3.40. The highest BCUT2D eigenvalue weighted by atomic mass is 79.9. The zero-order valence-electron chi connectivity index (χ0n) is 15.5. The van der Waals surface area contributed by atoms with Crippen molar-refractivity contribution in [1.29, 1.82) is 0 Å². The molecule has 2 rings (SSSR count). The third-order valence-electron chi connectivity index (χ3n) is 3.57. The van der Waals surface area contributed by atoms with E-state index in [1.54, 1.807) is 32.0 Å². The summed E-state index contributed by atoms with van der Waals surface area (Å²) in [4.78, 5) is 35.7. The van der Waals surface area contributed by atoms with Crippen molar-refractivity contribution in [2.45, 2.75) is 13.8 Å². The maximum Gasteiger partial charge on any atom is 0.276 e. The quantitative estimate of drug-likeness (QED) is 0.516. The average molecular weight is 503 g/mol. The number of nitrogens with one attached hydrogen (secondary N) is 3. The van der Waals surface area contributed by atoms with E-state index in [-0.39, 0.29) is 29.2 Å². The molecular formula is C19H18BrCl2N3O4. The van der Waals surface area contributed by atoms with Gasteiger partial charge in [0.05, 0.1) is 9.50 Å². The van der Waals surface area contributed by atoms with E-state index in [2.05, 4.69) is 32.1 Å². The summed E-state index contributed by atoms with van der Waals surface area (Å²) < 4.78 is 5.85. The van der Waals surface area contributed by atoms with Crippen LogP contribution in [0.2, 0.25) is 10.0 Å². The predicted octanol–water partition coefficient (Wildman–Crippen LogP) is 4.19. The van der Waals surface area contributed by atoms with E-state index in [1.807, 2.05) is 0 Å². The summed E-state index contributed by atoms with van der Waals surface area (Å²) in [5.74, 6) is -1.12. The standard InChI is InChI=1S/C19H18BrCl2N3O4/c1-10(2)18(27)23-13-5-3-11(4-6-13)19(28)25-24-16(26)9-29-17-14(20)7-12(21)8-15(17)22/h3-8,10H,9H2,1-2H3,(H,23,27)(H,24,26)(H,25,28). The van der Waals surface area contributed by atoms with Crippen LogP contribution < -0.4 is 20.9 Å². The van der Waals surface area contributed by atoms with Gasteiger partial charge in [0.2, 0.25) is 5.91 Å². The molecule has 0 radical (unpaired) electrons. The fourth-order valence-electron chi connectivity index (χ4n) is 2.03. The number of hydrogen-bond acceptors (Lipinski definition) is 4. The van der Waals surface area contributed by atoms with Crippen LogP contribution in [0.5, 0.6) is 5.75 Å². The van der Waals surface area contributed by atoms with E-state index in [1.165, 1.54) is 18.2 Å². The van der Waals surface area contributed by atoms with Gasteiger partial charge in [0.15, 0.2) is 12.4 Å². The van der Waals surface area contributed by atoms with Gasteiger partial charge in [0.1, 0.15) is 0 Å². The first kappa shape index (κ1) is 23.0. The van der Waals surface area contributed by atoms with Crippen molar-refractivity contribution in [2.75, 3.05) is 11.9 Å². The molecule has 0 aliphatic rings. The summed E-state index contributed by atoms with van der Waals surface area (Å²) in [6.07, 6.45) is 0. The van der Waals surface area contributed by atoms with Gasteiger partial charge in [-0.2, -0.15) is 0 Å². The molecule has 0 spiro atoms. The lowest BCUT2D eigenvalue weighted by molar-refractivity contribution is -0.124. The molecule has 0 unspecified atom stereocenters. The first-order chi connectivity index (χ1) is 13.7. The van der Waals surface area contributed by atoms with E-state index in [9.17, 15) is 14.4 Å². The molecule has 10 heteroatoms. The summed E-state index contributed by atoms with van der Waals surface area (Å²) in [5.41, 5.74) is 5.40. The molecular weight excluding hydrogens is 485 g/mol. The fraction of sp³-hybridized carbons (Fsp3) is 0.211. The Morgan fingerprint density at radius 3 is 2.31 bits per heavy atom. The van der Waals surface area contributed by atoms with Gasteiger partial charge in [0, 0.05) is 22.2 Å². The highest BCUT2D eigenvalue weighted by Crippen LogP contribution is 2.35. The van der Waals surface area contributed by atoms with Crippen molar-refractivity contribution in [3.8, 4) is 5.75 Å². The number of hydrazine groups is 1. The summed E-state index contributed by atoms with van der Waals surface area (Å²) in [6.45, 7) is 3.19. The van der Waals surface area contributed by atoms with Crippen LogP contribution in [0.3, 0.4) is 0 Å². The lowest BCUT2D eigenvalue weighted by Crippen LogP contribution is -2.43. The van der Waals surface area contributed by atoms with Crippen molar-refractivity contribution in [3.05, 3.63) is 56.5 Å². The molecule has 154 valence electrons. The Kier molecular flexibility index (Phi) is 8.31. The molecule has 3 amide bonds. The Hall–Kier alpha value is -2.29. The SMILES string of the molecule is CC(C)C(=O)Nc1ccc(C(=O)NNC(=O)COc2c(Cl)cc(Cl)cc2Br)cc1. The minimum atomic E-state index is -0.586. The molecule has 0 saturated carbocycles. The molecule has 7 nitrogen and oxygen atoms in total. The van der Waals surface area contributed by atoms with Gasteiger partial charge in [-0.05, 0) is 52.3 Å². The van der Waals surface area contributed by atoms with Crippen LogP contribution in [0.4, 0.5) is 5.69 Å². The summed E-state index contributed by atoms with van der Waals surface area (Å²) >= 11 is 15.1. The Labute approximate surface area is 186 Å². The lowest BCUT2D eigenvalue weighted by atomic mass is 10.1. The summed E-state index contributed by atoms with van der Waals surface area (Å²) in [7, 11) is 0. The maximum absolute atomic E-state index is 12.1. The van der Waals surface area contributed by atoms with E-state index >= 15 is 0 Å². The molecule has 0 heterocycles. The number of anilines is 1. The second kappa shape index (κ2) is 10.5. The van der Waals surface area contributed by atoms with Crippen molar-refractivity contribution < 1.29 is 19.1 Å². The highest BCUT2D eigenvalue weighted by molar-refractivity contribution is 9.10. The van der Waals surface area contributed by atoms with Crippen molar-refractivity contribution >= 4 is 62.5 Å². The topological polar surface area (TPSA) is 96.5 Å². The molecule has 3 N–H and O–H groups in total. The van der Waals surface area contributed by atoms with E-state index in [0.717, 1.165) is 0 Å². The molecule has 0 bridgehead atoms. The molecule has 0 aliphatic carbocycles. The Balaban J connectivity index is 1.84. The largest absolute Gasteiger partial charge is 0.481 e. The minimum Gasteiger partial charge on any atom is -0.481 e. The average Bonchev–Trinajstić information content (AvgIpc) is 2.65. The van der Waals surface area contributed by atoms with Crippen LogP contribution in [0, 0.1) is 5.92 Å². The first-order valence-corrected chi connectivity index (χ1v) is 9.99. The number of halogens is 3. The van der Waals surface area contributed by atoms with Crippen LogP contribution in [-0.2, 0) is 9.59 Å². The van der Waals surface area contributed by atoms with Gasteiger partial charge >= 0.3 is 0 Å². The Morgan fingerprint density at radius 2 is 1.72 bits per heavy atom. The zero-order chi connectivity index (χ0) is 21.6. The van der Waals surface area contributed by atoms with Crippen LogP contribution in [-0.4, -0.2) is 24.3 Å². The number of ether oxygens (including phenoxy) is 1. The molecule has 0 aromatic heterocycles. The number of carbonyl (C=O) groups excluding carboxylic acids is 3. The van der Waals surface area contributed by atoms with Gasteiger partial charge in [0.25, 0.3) is 11.8 Å². The van der Waals surface area contributed by atoms with Gasteiger partial charge in [-0.3, -0.25) is 25.2 Å². The Morgan fingerprint density at radius 1 is 1.07 bits per heavy atom. The normalized spacial score (nSPS) is 10.4. The monoisotopic (exact) mass is 501 g/mol. The van der Waals surface area contributed by atoms with E-state index in [4.69, 9.17) is 27.9 Å². The van der Waals surface area contributed by atoms with E-state index in [0.29, 0.717) is 20.7 Å². The van der Waals surface area contributed by atoms with Crippen molar-refractivity contribution in [3.63, 3.8) is 0 Å². The third kappa shape index (κ3) is 6.92. The predicted molar refractivity (Wildman–Crippen MR) is 115 cm³/mol. The molecule has 2 aromatic carbocycles. The smallest absolute Gasteiger partial charge is 0.276 e. The van der Waals surface area contributed by atoms with E-state index < -0.39 is 11.8 Å². The maximum atomic E-state index is 12.1. The number of rotatable bonds is 6. The van der Waals surface area contributed by atoms with Crippen LogP contribution in [0.25, 0.3) is 0 Å². The summed E-state index contributed by atoms with van der Waals surface area (Å²) in [5, 5.41) is 3.38. The second-order valence-corrected chi connectivity index (χ2v) is 7.91. The molecule has 2 aromatic rings. The van der Waals surface area contributed by atoms with Crippen LogP contribution >= 0.6 is 39.1 Å². The highest BCUT2D eigenvalue weighted by Gasteiger charge is 2.13. The van der Waals surface area contributed by atoms with Gasteiger partial charge in [-0.25, -0.2) is 0 Å². The first-order valence-electron chi connectivity index (χ1n) is 8.45. The zero-order valence-corrected chi connectivity index (χ0v) is 18.6. The minimum absolute atomic E-state index is 0.123.